The summed E-state index contributed by atoms with van der Waals surface area (Å²) in [5.41, 5.74) is 0.699. The molecule has 3 rings (SSSR count). The molecule has 0 atom stereocenters. The number of ether oxygens (including phenoxy) is 1. The van der Waals surface area contributed by atoms with Crippen molar-refractivity contribution in [2.45, 2.75) is 50.6 Å². The van der Waals surface area contributed by atoms with Crippen molar-refractivity contribution in [2.75, 3.05) is 13.2 Å². The highest BCUT2D eigenvalue weighted by atomic mass is 16.5. The molecule has 2 aliphatic carbocycles. The Labute approximate surface area is 80.0 Å². The average molecular weight is 181 g/mol. The van der Waals surface area contributed by atoms with Gasteiger partial charge in [0, 0.05) is 25.3 Å². The lowest BCUT2D eigenvalue weighted by molar-refractivity contribution is -0.0454. The summed E-state index contributed by atoms with van der Waals surface area (Å²) in [6.07, 6.45) is 8.32. The van der Waals surface area contributed by atoms with Gasteiger partial charge in [0.15, 0.2) is 0 Å². The fourth-order valence-electron chi connectivity index (χ4n) is 2.90. The largest absolute Gasteiger partial charge is 0.381 e. The van der Waals surface area contributed by atoms with Gasteiger partial charge in [0.2, 0.25) is 0 Å². The third-order valence-electron chi connectivity index (χ3n) is 3.96. The van der Waals surface area contributed by atoms with Gasteiger partial charge in [-0.1, -0.05) is 0 Å². The first kappa shape index (κ1) is 8.25. The van der Waals surface area contributed by atoms with E-state index in [0.717, 1.165) is 25.3 Å². The molecule has 1 heterocycles. The van der Waals surface area contributed by atoms with Crippen LogP contribution in [0.5, 0.6) is 0 Å². The normalized spacial score (nSPS) is 33.2. The first-order valence-corrected chi connectivity index (χ1v) is 5.70. The molecular formula is C11H19NO. The predicted molar refractivity (Wildman–Crippen MR) is 51.7 cm³/mol. The van der Waals surface area contributed by atoms with E-state index in [4.69, 9.17) is 4.74 Å². The maximum absolute atomic E-state index is 5.41. The number of nitrogens with one attached hydrogen (secondary N) is 1. The highest BCUT2D eigenvalue weighted by molar-refractivity contribution is 5.01. The summed E-state index contributed by atoms with van der Waals surface area (Å²) in [6, 6.07) is 1.74. The minimum Gasteiger partial charge on any atom is -0.381 e. The Balaban J connectivity index is 1.48. The van der Waals surface area contributed by atoms with Gasteiger partial charge in [-0.05, 0) is 43.9 Å². The minimum atomic E-state index is 0.699. The Bertz CT molecular complexity index is 186. The van der Waals surface area contributed by atoms with Gasteiger partial charge >= 0.3 is 0 Å². The van der Waals surface area contributed by atoms with Gasteiger partial charge in [-0.2, -0.15) is 0 Å². The molecule has 0 radical (unpaired) electrons. The standard InChI is InChI=1S/C11H19NO/c1-2-9(1)12-10-7-11(8-10)3-5-13-6-4-11/h9-10,12H,1-8H2. The van der Waals surface area contributed by atoms with E-state index in [9.17, 15) is 0 Å². The van der Waals surface area contributed by atoms with Gasteiger partial charge in [0.05, 0.1) is 0 Å². The fraction of sp³-hybridized carbons (Fsp3) is 1.00. The van der Waals surface area contributed by atoms with E-state index in [-0.39, 0.29) is 0 Å². The highest BCUT2D eigenvalue weighted by Crippen LogP contribution is 2.49. The summed E-state index contributed by atoms with van der Waals surface area (Å²) in [7, 11) is 0. The summed E-state index contributed by atoms with van der Waals surface area (Å²) >= 11 is 0. The van der Waals surface area contributed by atoms with Crippen molar-refractivity contribution in [3.63, 3.8) is 0 Å². The Morgan fingerprint density at radius 1 is 1.00 bits per heavy atom. The van der Waals surface area contributed by atoms with Crippen LogP contribution in [0.25, 0.3) is 0 Å². The number of hydrogen-bond acceptors (Lipinski definition) is 2. The maximum atomic E-state index is 5.41. The van der Waals surface area contributed by atoms with Gasteiger partial charge in [-0.25, -0.2) is 0 Å². The second-order valence-corrected chi connectivity index (χ2v) is 5.16. The third kappa shape index (κ3) is 1.62. The van der Waals surface area contributed by atoms with Crippen LogP contribution in [0, 0.1) is 5.41 Å². The molecule has 1 N–H and O–H groups in total. The number of hydrogen-bond donors (Lipinski definition) is 1. The first-order valence-electron chi connectivity index (χ1n) is 5.70. The summed E-state index contributed by atoms with van der Waals surface area (Å²) in [5, 5.41) is 3.72. The zero-order chi connectivity index (χ0) is 8.73. The van der Waals surface area contributed by atoms with Crippen LogP contribution in [0.2, 0.25) is 0 Å². The van der Waals surface area contributed by atoms with Crippen LogP contribution in [0.4, 0.5) is 0 Å². The molecule has 3 fully saturated rings. The van der Waals surface area contributed by atoms with Crippen molar-refractivity contribution in [3.05, 3.63) is 0 Å². The van der Waals surface area contributed by atoms with Crippen LogP contribution < -0.4 is 5.32 Å². The number of rotatable bonds is 2. The fourth-order valence-corrected chi connectivity index (χ4v) is 2.90. The lowest BCUT2D eigenvalue weighted by atomic mass is 9.61. The van der Waals surface area contributed by atoms with Gasteiger partial charge in [0.25, 0.3) is 0 Å². The Kier molecular flexibility index (Phi) is 1.88. The predicted octanol–water partition coefficient (Wildman–Crippen LogP) is 1.70. The second-order valence-electron chi connectivity index (χ2n) is 5.16. The molecule has 3 aliphatic rings. The molecular weight excluding hydrogens is 162 g/mol. The summed E-state index contributed by atoms with van der Waals surface area (Å²) in [5.74, 6) is 0. The molecule has 2 heteroatoms. The van der Waals surface area contributed by atoms with Gasteiger partial charge in [-0.3, -0.25) is 0 Å². The molecule has 2 nitrogen and oxygen atoms in total. The van der Waals surface area contributed by atoms with Gasteiger partial charge < -0.3 is 10.1 Å². The van der Waals surface area contributed by atoms with Crippen molar-refractivity contribution < 1.29 is 4.74 Å². The van der Waals surface area contributed by atoms with E-state index >= 15 is 0 Å². The molecule has 1 spiro atoms. The van der Waals surface area contributed by atoms with E-state index in [1.807, 2.05) is 0 Å². The molecule has 13 heavy (non-hydrogen) atoms. The van der Waals surface area contributed by atoms with E-state index in [2.05, 4.69) is 5.32 Å². The Hall–Kier alpha value is -0.0800. The quantitative estimate of drug-likeness (QED) is 0.700. The van der Waals surface area contributed by atoms with Crippen molar-refractivity contribution >= 4 is 0 Å². The van der Waals surface area contributed by atoms with Crippen molar-refractivity contribution in [3.8, 4) is 0 Å². The van der Waals surface area contributed by atoms with Crippen molar-refractivity contribution in [1.82, 2.24) is 5.32 Å². The molecule has 0 bridgehead atoms. The lowest BCUT2D eigenvalue weighted by Crippen LogP contribution is -2.51. The van der Waals surface area contributed by atoms with E-state index in [1.54, 1.807) is 0 Å². The molecule has 1 aliphatic heterocycles. The van der Waals surface area contributed by atoms with Crippen molar-refractivity contribution in [1.29, 1.82) is 0 Å². The smallest absolute Gasteiger partial charge is 0.0471 e. The average Bonchev–Trinajstić information content (AvgIpc) is 2.87. The minimum absolute atomic E-state index is 0.699. The van der Waals surface area contributed by atoms with Gasteiger partial charge in [0.1, 0.15) is 0 Å². The Morgan fingerprint density at radius 2 is 1.69 bits per heavy atom. The molecule has 0 aromatic heterocycles. The van der Waals surface area contributed by atoms with Crippen LogP contribution in [0.3, 0.4) is 0 Å². The zero-order valence-corrected chi connectivity index (χ0v) is 8.22. The van der Waals surface area contributed by atoms with Crippen LogP contribution in [-0.2, 0) is 4.74 Å². The second kappa shape index (κ2) is 2.96. The van der Waals surface area contributed by atoms with Crippen LogP contribution in [0.1, 0.15) is 38.5 Å². The summed E-state index contributed by atoms with van der Waals surface area (Å²) in [6.45, 7) is 2.02. The van der Waals surface area contributed by atoms with Gasteiger partial charge in [-0.15, -0.1) is 0 Å². The molecule has 0 unspecified atom stereocenters. The molecule has 74 valence electrons. The van der Waals surface area contributed by atoms with Crippen LogP contribution >= 0.6 is 0 Å². The topological polar surface area (TPSA) is 21.3 Å². The monoisotopic (exact) mass is 181 g/mol. The summed E-state index contributed by atoms with van der Waals surface area (Å²) < 4.78 is 5.41. The van der Waals surface area contributed by atoms with Crippen LogP contribution in [-0.4, -0.2) is 25.3 Å². The first-order chi connectivity index (χ1) is 6.36. The molecule has 2 saturated carbocycles. The maximum Gasteiger partial charge on any atom is 0.0471 e. The molecule has 0 aromatic rings. The SMILES string of the molecule is C1CC2(CCO1)CC(NC1CC1)C2. The third-order valence-corrected chi connectivity index (χ3v) is 3.96. The highest BCUT2D eigenvalue weighted by Gasteiger charge is 2.45. The van der Waals surface area contributed by atoms with Crippen molar-refractivity contribution in [2.24, 2.45) is 5.41 Å². The van der Waals surface area contributed by atoms with Crippen LogP contribution in [0.15, 0.2) is 0 Å². The molecule has 0 amide bonds. The molecule has 0 aromatic carbocycles. The van der Waals surface area contributed by atoms with E-state index < -0.39 is 0 Å². The lowest BCUT2D eigenvalue weighted by Gasteiger charge is -2.50. The Morgan fingerprint density at radius 3 is 2.31 bits per heavy atom. The molecule has 1 saturated heterocycles. The van der Waals surface area contributed by atoms with E-state index in [0.29, 0.717) is 5.41 Å². The zero-order valence-electron chi connectivity index (χ0n) is 8.22. The van der Waals surface area contributed by atoms with E-state index in [1.165, 1.54) is 38.5 Å². The summed E-state index contributed by atoms with van der Waals surface area (Å²) in [4.78, 5) is 0.